The van der Waals surface area contributed by atoms with E-state index in [0.29, 0.717) is 5.38 Å². The zero-order valence-electron chi connectivity index (χ0n) is 15.5. The number of nitrogens with zero attached hydrogens (tertiary/aromatic N) is 1. The summed E-state index contributed by atoms with van der Waals surface area (Å²) >= 11 is 0. The minimum absolute atomic E-state index is 0.0323. The topological polar surface area (TPSA) is 53.2 Å². The molecule has 0 aliphatic heterocycles. The van der Waals surface area contributed by atoms with Crippen LogP contribution in [0.2, 0.25) is 36.3 Å². The van der Waals surface area contributed by atoms with Gasteiger partial charge in [0, 0.05) is 0 Å². The molecule has 0 aromatic heterocycles. The Balaban J connectivity index is 5.37. The Morgan fingerprint density at radius 1 is 1.05 bits per heavy atom. The summed E-state index contributed by atoms with van der Waals surface area (Å²) in [5.74, 6) is 0. The fraction of sp³-hybridized carbons (Fsp3) is 0.812. The maximum atomic E-state index is 10.5. The third-order valence-electron chi connectivity index (χ3n) is 5.18. The van der Waals surface area contributed by atoms with Gasteiger partial charge in [-0.15, -0.1) is 0 Å². The lowest BCUT2D eigenvalue weighted by Gasteiger charge is -2.38. The molecule has 1 N–H and O–H groups in total. The predicted molar refractivity (Wildman–Crippen MR) is 95.6 cm³/mol. The van der Waals surface area contributed by atoms with Crippen molar-refractivity contribution in [2.45, 2.75) is 83.9 Å². The minimum atomic E-state index is -2.02. The van der Waals surface area contributed by atoms with Crippen LogP contribution >= 0.6 is 0 Å². The van der Waals surface area contributed by atoms with E-state index in [9.17, 15) is 10.4 Å². The van der Waals surface area contributed by atoms with Gasteiger partial charge in [-0.2, -0.15) is 5.26 Å². The Bertz CT molecular complexity index is 435. The van der Waals surface area contributed by atoms with E-state index >= 15 is 0 Å². The van der Waals surface area contributed by atoms with Crippen LogP contribution in [0.15, 0.2) is 11.5 Å². The summed E-state index contributed by atoms with van der Waals surface area (Å²) in [7, 11) is -4.03. The summed E-state index contributed by atoms with van der Waals surface area (Å²) in [5, 5.41) is 20.3. The normalized spacial score (nSPS) is 16.5. The molecular formula is C16H33NO2Si2. The Labute approximate surface area is 133 Å². The Hall–Kier alpha value is -0.576. The van der Waals surface area contributed by atoms with Crippen molar-refractivity contribution in [3.63, 3.8) is 0 Å². The molecule has 0 bridgehead atoms. The smallest absolute Gasteiger partial charge is 0.194 e. The molecule has 0 aliphatic carbocycles. The van der Waals surface area contributed by atoms with Gasteiger partial charge in [0.2, 0.25) is 0 Å². The first-order valence-corrected chi connectivity index (χ1v) is 13.5. The van der Waals surface area contributed by atoms with Crippen LogP contribution in [0.4, 0.5) is 0 Å². The Morgan fingerprint density at radius 2 is 1.48 bits per heavy atom. The summed E-state index contributed by atoms with van der Waals surface area (Å²) in [4.78, 5) is 0. The molecule has 0 radical (unpaired) electrons. The molecule has 0 saturated carbocycles. The van der Waals surface area contributed by atoms with Crippen LogP contribution in [-0.4, -0.2) is 27.6 Å². The maximum Gasteiger partial charge on any atom is 0.194 e. The summed E-state index contributed by atoms with van der Waals surface area (Å²) in [6, 6.07) is 2.18. The molecule has 0 saturated heterocycles. The number of rotatable bonds is 4. The number of hydrogen-bond donors (Lipinski definition) is 1. The average Bonchev–Trinajstić information content (AvgIpc) is 2.24. The molecule has 3 nitrogen and oxygen atoms in total. The van der Waals surface area contributed by atoms with Gasteiger partial charge < -0.3 is 9.53 Å². The predicted octanol–water partition coefficient (Wildman–Crippen LogP) is 5.39. The second-order valence-electron chi connectivity index (χ2n) is 8.85. The molecule has 0 aliphatic rings. The van der Waals surface area contributed by atoms with Crippen LogP contribution in [0.1, 0.15) is 41.5 Å². The molecule has 122 valence electrons. The molecular weight excluding hydrogens is 294 g/mol. The summed E-state index contributed by atoms with van der Waals surface area (Å²) in [6.45, 7) is 21.3. The van der Waals surface area contributed by atoms with Gasteiger partial charge in [-0.1, -0.05) is 54.6 Å². The van der Waals surface area contributed by atoms with Gasteiger partial charge in [-0.25, -0.2) is 0 Å². The maximum absolute atomic E-state index is 10.5. The molecule has 0 aromatic rings. The van der Waals surface area contributed by atoms with Crippen molar-refractivity contribution >= 4 is 16.4 Å². The highest BCUT2D eigenvalue weighted by Gasteiger charge is 2.42. The van der Waals surface area contributed by atoms with E-state index in [-0.39, 0.29) is 10.1 Å². The molecule has 0 rings (SSSR count). The van der Waals surface area contributed by atoms with Crippen molar-refractivity contribution in [1.82, 2.24) is 0 Å². The monoisotopic (exact) mass is 327 g/mol. The van der Waals surface area contributed by atoms with Gasteiger partial charge in [-0.05, 0) is 29.2 Å². The molecule has 21 heavy (non-hydrogen) atoms. The Kier molecular flexibility index (Phi) is 6.10. The second kappa shape index (κ2) is 6.27. The fourth-order valence-corrected chi connectivity index (χ4v) is 3.77. The molecule has 0 unspecified atom stereocenters. The van der Waals surface area contributed by atoms with Crippen molar-refractivity contribution in [2.75, 3.05) is 0 Å². The molecule has 0 heterocycles. The van der Waals surface area contributed by atoms with E-state index < -0.39 is 22.5 Å². The lowest BCUT2D eigenvalue weighted by molar-refractivity contribution is 0.268. The highest BCUT2D eigenvalue weighted by Crippen LogP contribution is 2.40. The number of aliphatic hydroxyl groups is 1. The van der Waals surface area contributed by atoms with Crippen molar-refractivity contribution < 1.29 is 9.53 Å². The van der Waals surface area contributed by atoms with E-state index in [4.69, 9.17) is 4.43 Å². The van der Waals surface area contributed by atoms with Crippen LogP contribution in [0.3, 0.4) is 0 Å². The summed E-state index contributed by atoms with van der Waals surface area (Å²) in [5.41, 5.74) is 0. The quantitative estimate of drug-likeness (QED) is 0.556. The highest BCUT2D eigenvalue weighted by molar-refractivity contribution is 6.86. The minimum Gasteiger partial charge on any atom is -0.518 e. The van der Waals surface area contributed by atoms with Gasteiger partial charge in [0.15, 0.2) is 14.4 Å². The van der Waals surface area contributed by atoms with Crippen LogP contribution in [0.25, 0.3) is 0 Å². The highest BCUT2D eigenvalue weighted by atomic mass is 28.4. The SMILES string of the molecule is CC(C)(C)[Si](C)(C)O[C@H](C#N)/C=C(\O)[Si](C)(C)C(C)(C)C. The third-order valence-corrected chi connectivity index (χ3v) is 14.8. The van der Waals surface area contributed by atoms with Crippen LogP contribution < -0.4 is 0 Å². The lowest BCUT2D eigenvalue weighted by Crippen LogP contribution is -2.44. The largest absolute Gasteiger partial charge is 0.518 e. The van der Waals surface area contributed by atoms with Gasteiger partial charge in [0.1, 0.15) is 8.07 Å². The summed E-state index contributed by atoms with van der Waals surface area (Å²) in [6.07, 6.45) is 0.970. The van der Waals surface area contributed by atoms with Crippen molar-refractivity contribution in [2.24, 2.45) is 0 Å². The fourth-order valence-electron chi connectivity index (χ4n) is 1.33. The lowest BCUT2D eigenvalue weighted by atomic mass is 10.2. The first-order valence-electron chi connectivity index (χ1n) is 7.55. The van der Waals surface area contributed by atoms with Gasteiger partial charge >= 0.3 is 0 Å². The number of nitriles is 1. The summed E-state index contributed by atoms with van der Waals surface area (Å²) < 4.78 is 6.09. The van der Waals surface area contributed by atoms with Crippen molar-refractivity contribution in [1.29, 1.82) is 5.26 Å². The molecule has 0 fully saturated rings. The van der Waals surface area contributed by atoms with Gasteiger partial charge in [0.25, 0.3) is 0 Å². The molecule has 0 aromatic carbocycles. The molecule has 0 amide bonds. The van der Waals surface area contributed by atoms with E-state index in [2.05, 4.69) is 73.8 Å². The van der Waals surface area contributed by atoms with Crippen LogP contribution in [0, 0.1) is 11.3 Å². The first-order chi connectivity index (χ1) is 9.06. The van der Waals surface area contributed by atoms with E-state index in [1.807, 2.05) is 0 Å². The zero-order chi connectivity index (χ0) is 17.3. The molecule has 0 spiro atoms. The van der Waals surface area contributed by atoms with Crippen molar-refractivity contribution in [3.8, 4) is 6.07 Å². The van der Waals surface area contributed by atoms with Crippen LogP contribution in [-0.2, 0) is 4.43 Å². The first kappa shape index (κ1) is 20.4. The zero-order valence-corrected chi connectivity index (χ0v) is 17.5. The van der Waals surface area contributed by atoms with Gasteiger partial charge in [0.05, 0.1) is 11.5 Å². The van der Waals surface area contributed by atoms with E-state index in [1.54, 1.807) is 6.08 Å². The number of aliphatic hydroxyl groups excluding tert-OH is 1. The van der Waals surface area contributed by atoms with Crippen LogP contribution in [0.5, 0.6) is 0 Å². The Morgan fingerprint density at radius 3 is 1.76 bits per heavy atom. The molecule has 5 heteroatoms. The van der Waals surface area contributed by atoms with Gasteiger partial charge in [-0.3, -0.25) is 0 Å². The van der Waals surface area contributed by atoms with E-state index in [1.165, 1.54) is 0 Å². The standard InChI is InChI=1S/C16H33NO2Si2/c1-15(2,3)20(7,8)14(18)11-13(12-17)19-21(9,10)16(4,5)6/h11,13,18H,1-10H3/b14-11+/t13-/m0/s1. The molecule has 1 atom stereocenters. The number of hydrogen-bond acceptors (Lipinski definition) is 3. The average molecular weight is 328 g/mol. The second-order valence-corrected chi connectivity index (χ2v) is 18.9. The van der Waals surface area contributed by atoms with E-state index in [0.717, 1.165) is 0 Å². The third kappa shape index (κ3) is 4.98. The van der Waals surface area contributed by atoms with Crippen molar-refractivity contribution in [3.05, 3.63) is 11.5 Å².